The van der Waals surface area contributed by atoms with Gasteiger partial charge in [0, 0.05) is 19.6 Å². The van der Waals surface area contributed by atoms with Gasteiger partial charge in [0.25, 0.3) is 0 Å². The van der Waals surface area contributed by atoms with Crippen molar-refractivity contribution in [1.82, 2.24) is 9.80 Å². The molecule has 0 aliphatic carbocycles. The minimum absolute atomic E-state index is 0.0341. The van der Waals surface area contributed by atoms with Crippen molar-refractivity contribution in [2.45, 2.75) is 12.1 Å². The Labute approximate surface area is 138 Å². The molecule has 8 heteroatoms. The van der Waals surface area contributed by atoms with Gasteiger partial charge in [-0.2, -0.15) is 0 Å². The van der Waals surface area contributed by atoms with Crippen LogP contribution in [0.3, 0.4) is 0 Å². The molecule has 2 aliphatic rings. The lowest BCUT2D eigenvalue weighted by Crippen LogP contribution is -2.49. The van der Waals surface area contributed by atoms with Crippen LogP contribution >= 0.6 is 11.6 Å². The lowest BCUT2D eigenvalue weighted by molar-refractivity contribution is -0.00607. The molecule has 0 radical (unpaired) electrons. The highest BCUT2D eigenvalue weighted by Gasteiger charge is 2.38. The van der Waals surface area contributed by atoms with Crippen LogP contribution in [0.15, 0.2) is 18.2 Å². The van der Waals surface area contributed by atoms with Crippen LogP contribution < -0.4 is 5.32 Å². The third-order valence-corrected chi connectivity index (χ3v) is 4.55. The van der Waals surface area contributed by atoms with Crippen molar-refractivity contribution in [3.63, 3.8) is 0 Å². The summed E-state index contributed by atoms with van der Waals surface area (Å²) in [6.07, 6.45) is -0.622. The summed E-state index contributed by atoms with van der Waals surface area (Å²) >= 11 is 5.71. The van der Waals surface area contributed by atoms with Gasteiger partial charge in [-0.05, 0) is 12.1 Å². The van der Waals surface area contributed by atoms with E-state index in [1.807, 2.05) is 0 Å². The van der Waals surface area contributed by atoms with E-state index >= 15 is 0 Å². The first-order valence-electron chi connectivity index (χ1n) is 7.56. The smallest absolute Gasteiger partial charge is 0.322 e. The van der Waals surface area contributed by atoms with Crippen LogP contribution in [-0.4, -0.2) is 72.5 Å². The van der Waals surface area contributed by atoms with Gasteiger partial charge in [0.15, 0.2) is 5.82 Å². The number of β-amino-alcohol motifs (C(OH)–C–C–N with tert-alkyl or cyclic N) is 1. The molecule has 0 aromatic heterocycles. The first-order valence-corrected chi connectivity index (χ1v) is 7.94. The molecule has 0 spiro atoms. The molecule has 2 atom stereocenters. The molecule has 0 saturated carbocycles. The number of benzene rings is 1. The second-order valence-electron chi connectivity index (χ2n) is 5.72. The fraction of sp³-hybridized carbons (Fsp3) is 0.533. The number of hydrogen-bond donors (Lipinski definition) is 2. The molecule has 1 aromatic rings. The molecule has 6 nitrogen and oxygen atoms in total. The van der Waals surface area contributed by atoms with Gasteiger partial charge in [-0.1, -0.05) is 17.7 Å². The Morgan fingerprint density at radius 1 is 1.35 bits per heavy atom. The number of aliphatic hydroxyl groups is 1. The molecule has 23 heavy (non-hydrogen) atoms. The van der Waals surface area contributed by atoms with Gasteiger partial charge < -0.3 is 20.1 Å². The molecule has 3 rings (SSSR count). The summed E-state index contributed by atoms with van der Waals surface area (Å²) in [7, 11) is 0. The lowest BCUT2D eigenvalue weighted by Gasteiger charge is -2.33. The van der Waals surface area contributed by atoms with E-state index in [1.165, 1.54) is 17.0 Å². The molecule has 2 N–H and O–H groups in total. The number of rotatable bonds is 2. The number of morpholine rings is 1. The number of likely N-dealkylation sites (tertiary alicyclic amines) is 1. The summed E-state index contributed by atoms with van der Waals surface area (Å²) < 4.78 is 19.2. The molecule has 126 valence electrons. The second kappa shape index (κ2) is 7.00. The Morgan fingerprint density at radius 2 is 2.09 bits per heavy atom. The summed E-state index contributed by atoms with van der Waals surface area (Å²) in [5.74, 6) is -0.660. The zero-order valence-electron chi connectivity index (χ0n) is 12.5. The molecule has 2 aliphatic heterocycles. The third-order valence-electron chi connectivity index (χ3n) is 4.25. The maximum atomic E-state index is 13.9. The highest BCUT2D eigenvalue weighted by molar-refractivity contribution is 6.31. The number of anilines is 1. The van der Waals surface area contributed by atoms with Gasteiger partial charge in [-0.3, -0.25) is 4.90 Å². The van der Waals surface area contributed by atoms with Crippen molar-refractivity contribution in [1.29, 1.82) is 0 Å². The van der Waals surface area contributed by atoms with Crippen molar-refractivity contribution in [2.75, 3.05) is 44.7 Å². The van der Waals surface area contributed by atoms with E-state index in [0.29, 0.717) is 19.8 Å². The van der Waals surface area contributed by atoms with E-state index in [-0.39, 0.29) is 23.3 Å². The number of carbonyl (C=O) groups is 1. The zero-order chi connectivity index (χ0) is 16.4. The molecular weight excluding hydrogens is 325 g/mol. The van der Waals surface area contributed by atoms with Crippen molar-refractivity contribution in [2.24, 2.45) is 0 Å². The number of hydrogen-bond acceptors (Lipinski definition) is 4. The second-order valence-corrected chi connectivity index (χ2v) is 6.13. The van der Waals surface area contributed by atoms with Gasteiger partial charge in [0.2, 0.25) is 0 Å². The van der Waals surface area contributed by atoms with Gasteiger partial charge in [-0.15, -0.1) is 0 Å². The van der Waals surface area contributed by atoms with Crippen molar-refractivity contribution in [3.05, 3.63) is 29.0 Å². The molecule has 2 amide bonds. The standard InChI is InChI=1S/C15H19ClFN3O3/c16-10-2-1-3-11(14(10)17)18-15(22)20-8-12(13(21)9-20)19-4-6-23-7-5-19/h1-3,12-13,21H,4-9H2,(H,18,22)/t12-,13-/m1/s1. The van der Waals surface area contributed by atoms with Crippen molar-refractivity contribution < 1.29 is 19.0 Å². The fourth-order valence-electron chi connectivity index (χ4n) is 3.00. The number of urea groups is 1. The number of halogens is 2. The molecule has 2 heterocycles. The topological polar surface area (TPSA) is 65.0 Å². The fourth-order valence-corrected chi connectivity index (χ4v) is 3.17. The summed E-state index contributed by atoms with van der Waals surface area (Å²) in [4.78, 5) is 15.9. The van der Waals surface area contributed by atoms with E-state index in [4.69, 9.17) is 16.3 Å². The Kier molecular flexibility index (Phi) is 5.01. The van der Waals surface area contributed by atoms with Gasteiger partial charge in [0.1, 0.15) is 0 Å². The normalized spacial score (nSPS) is 25.6. The molecule has 0 bridgehead atoms. The number of nitrogens with zero attached hydrogens (tertiary/aromatic N) is 2. The quantitative estimate of drug-likeness (QED) is 0.851. The molecule has 2 saturated heterocycles. The van der Waals surface area contributed by atoms with E-state index in [1.54, 1.807) is 6.07 Å². The Bertz CT molecular complexity index is 583. The van der Waals surface area contributed by atoms with Crippen LogP contribution in [0.25, 0.3) is 0 Å². The molecule has 1 aromatic carbocycles. The van der Waals surface area contributed by atoms with Crippen LogP contribution in [0.5, 0.6) is 0 Å². The maximum Gasteiger partial charge on any atom is 0.322 e. The Balaban J connectivity index is 1.63. The van der Waals surface area contributed by atoms with Crippen LogP contribution in [0.4, 0.5) is 14.9 Å². The number of ether oxygens (including phenoxy) is 1. The molecule has 0 unspecified atom stereocenters. The minimum Gasteiger partial charge on any atom is -0.390 e. The predicted octanol–water partition coefficient (Wildman–Crippen LogP) is 1.39. The predicted molar refractivity (Wildman–Crippen MR) is 84.2 cm³/mol. The Morgan fingerprint density at radius 3 is 2.83 bits per heavy atom. The summed E-state index contributed by atoms with van der Waals surface area (Å²) in [6, 6.07) is 3.87. The van der Waals surface area contributed by atoms with Crippen molar-refractivity contribution >= 4 is 23.3 Å². The highest BCUT2D eigenvalue weighted by atomic mass is 35.5. The van der Waals surface area contributed by atoms with E-state index < -0.39 is 18.0 Å². The monoisotopic (exact) mass is 343 g/mol. The third kappa shape index (κ3) is 3.58. The Hall–Kier alpha value is -1.41. The molecular formula is C15H19ClFN3O3. The largest absolute Gasteiger partial charge is 0.390 e. The number of nitrogens with one attached hydrogen (secondary N) is 1. The van der Waals surface area contributed by atoms with Gasteiger partial charge in [0.05, 0.1) is 42.6 Å². The van der Waals surface area contributed by atoms with E-state index in [2.05, 4.69) is 10.2 Å². The maximum absolute atomic E-state index is 13.9. The minimum atomic E-state index is -0.660. The zero-order valence-corrected chi connectivity index (χ0v) is 13.3. The number of carbonyl (C=O) groups excluding carboxylic acids is 1. The van der Waals surface area contributed by atoms with E-state index in [0.717, 1.165) is 13.1 Å². The van der Waals surface area contributed by atoms with Crippen LogP contribution in [0, 0.1) is 5.82 Å². The highest BCUT2D eigenvalue weighted by Crippen LogP contribution is 2.23. The van der Waals surface area contributed by atoms with Crippen LogP contribution in [0.1, 0.15) is 0 Å². The average molecular weight is 344 g/mol. The molecule has 2 fully saturated rings. The van der Waals surface area contributed by atoms with Gasteiger partial charge >= 0.3 is 6.03 Å². The first-order chi connectivity index (χ1) is 11.1. The number of aliphatic hydroxyl groups excluding tert-OH is 1. The summed E-state index contributed by atoms with van der Waals surface area (Å²) in [5, 5.41) is 12.7. The summed E-state index contributed by atoms with van der Waals surface area (Å²) in [6.45, 7) is 3.34. The SMILES string of the molecule is O=C(Nc1cccc(Cl)c1F)N1C[C@@H](O)[C@H](N2CCOCC2)C1. The number of amides is 2. The first kappa shape index (κ1) is 16.4. The van der Waals surface area contributed by atoms with Crippen LogP contribution in [-0.2, 0) is 4.74 Å². The van der Waals surface area contributed by atoms with Gasteiger partial charge in [-0.25, -0.2) is 9.18 Å². The van der Waals surface area contributed by atoms with Crippen LogP contribution in [0.2, 0.25) is 5.02 Å². The van der Waals surface area contributed by atoms with Crippen molar-refractivity contribution in [3.8, 4) is 0 Å². The summed E-state index contributed by atoms with van der Waals surface area (Å²) in [5.41, 5.74) is 0.0341. The van der Waals surface area contributed by atoms with E-state index in [9.17, 15) is 14.3 Å². The average Bonchev–Trinajstić information content (AvgIpc) is 2.95. The lowest BCUT2D eigenvalue weighted by atomic mass is 10.2.